The molecule has 0 bridgehead atoms. The molecular formula is C21H32N4O3S. The second-order valence-electron chi connectivity index (χ2n) is 6.64. The van der Waals surface area contributed by atoms with E-state index in [1.807, 2.05) is 38.2 Å². The highest BCUT2D eigenvalue weighted by Gasteiger charge is 2.12. The molecule has 2 aromatic rings. The Morgan fingerprint density at radius 2 is 2.03 bits per heavy atom. The summed E-state index contributed by atoms with van der Waals surface area (Å²) in [5.41, 5.74) is 2.15. The van der Waals surface area contributed by atoms with Crippen molar-refractivity contribution in [3.05, 3.63) is 45.9 Å². The summed E-state index contributed by atoms with van der Waals surface area (Å²) in [4.78, 5) is 11.1. The van der Waals surface area contributed by atoms with E-state index in [0.29, 0.717) is 19.8 Å². The summed E-state index contributed by atoms with van der Waals surface area (Å²) in [6.07, 6.45) is 0.921. The van der Waals surface area contributed by atoms with Crippen molar-refractivity contribution in [1.29, 1.82) is 0 Å². The predicted molar refractivity (Wildman–Crippen MR) is 118 cm³/mol. The van der Waals surface area contributed by atoms with Crippen molar-refractivity contribution in [3.8, 4) is 5.75 Å². The van der Waals surface area contributed by atoms with Crippen LogP contribution >= 0.6 is 11.3 Å². The third-order valence-corrected chi connectivity index (χ3v) is 5.47. The molecule has 8 heteroatoms. The van der Waals surface area contributed by atoms with Gasteiger partial charge in [-0.2, -0.15) is 0 Å². The molecule has 29 heavy (non-hydrogen) atoms. The number of hydrogen-bond donors (Lipinski definition) is 1. The van der Waals surface area contributed by atoms with Crippen LogP contribution in [0.3, 0.4) is 0 Å². The van der Waals surface area contributed by atoms with Gasteiger partial charge in [0.25, 0.3) is 0 Å². The summed E-state index contributed by atoms with van der Waals surface area (Å²) < 4.78 is 16.2. The zero-order chi connectivity index (χ0) is 21.1. The van der Waals surface area contributed by atoms with Crippen LogP contribution in [0, 0.1) is 0 Å². The molecule has 1 aromatic heterocycles. The molecule has 0 amide bonds. The maximum Gasteiger partial charge on any atom is 0.193 e. The van der Waals surface area contributed by atoms with Crippen molar-refractivity contribution in [2.75, 3.05) is 41.5 Å². The van der Waals surface area contributed by atoms with Crippen LogP contribution in [0.25, 0.3) is 0 Å². The van der Waals surface area contributed by atoms with Crippen molar-refractivity contribution >= 4 is 17.3 Å². The molecule has 0 aliphatic heterocycles. The van der Waals surface area contributed by atoms with Gasteiger partial charge in [-0.15, -0.1) is 11.3 Å². The predicted octanol–water partition coefficient (Wildman–Crippen LogP) is 3.47. The Bertz CT molecular complexity index is 749. The molecule has 0 radical (unpaired) electrons. The largest absolute Gasteiger partial charge is 0.497 e. The second-order valence-corrected chi connectivity index (χ2v) is 7.53. The van der Waals surface area contributed by atoms with Crippen molar-refractivity contribution in [1.82, 2.24) is 15.2 Å². The van der Waals surface area contributed by atoms with Gasteiger partial charge in [-0.25, -0.2) is 4.98 Å². The van der Waals surface area contributed by atoms with E-state index in [9.17, 15) is 0 Å². The average Bonchev–Trinajstić information content (AvgIpc) is 3.21. The summed E-state index contributed by atoms with van der Waals surface area (Å²) >= 11 is 1.62. The Morgan fingerprint density at radius 3 is 2.69 bits per heavy atom. The van der Waals surface area contributed by atoms with Gasteiger partial charge in [0.05, 0.1) is 26.0 Å². The lowest BCUT2D eigenvalue weighted by atomic mass is 10.2. The molecule has 0 aliphatic rings. The zero-order valence-corrected chi connectivity index (χ0v) is 18.8. The van der Waals surface area contributed by atoms with Crippen LogP contribution in [0.5, 0.6) is 5.75 Å². The highest BCUT2D eigenvalue weighted by atomic mass is 32.1. The summed E-state index contributed by atoms with van der Waals surface area (Å²) in [7, 11) is 7.16. The van der Waals surface area contributed by atoms with Crippen molar-refractivity contribution in [2.45, 2.75) is 32.6 Å². The summed E-state index contributed by atoms with van der Waals surface area (Å²) in [6, 6.07) is 7.93. The van der Waals surface area contributed by atoms with Gasteiger partial charge in [0.1, 0.15) is 16.9 Å². The Morgan fingerprint density at radius 1 is 1.28 bits per heavy atom. The number of hydrogen-bond acceptors (Lipinski definition) is 6. The summed E-state index contributed by atoms with van der Waals surface area (Å²) in [5, 5.41) is 6.44. The van der Waals surface area contributed by atoms with E-state index in [4.69, 9.17) is 14.2 Å². The monoisotopic (exact) mass is 420 g/mol. The Labute approximate surface area is 177 Å². The first-order valence-electron chi connectivity index (χ1n) is 9.67. The highest BCUT2D eigenvalue weighted by Crippen LogP contribution is 2.20. The number of ether oxygens (including phenoxy) is 3. The molecule has 1 N–H and O–H groups in total. The number of guanidine groups is 1. The SMILES string of the molecule is CN=C(NCCCOCc1ccc(OC)cc1)N(C)Cc1csc(C(C)OC)n1. The molecule has 1 atom stereocenters. The van der Waals surface area contributed by atoms with Crippen molar-refractivity contribution in [2.24, 2.45) is 4.99 Å². The topological polar surface area (TPSA) is 68.2 Å². The van der Waals surface area contributed by atoms with E-state index in [1.54, 1.807) is 32.6 Å². The first kappa shape index (κ1) is 23.1. The van der Waals surface area contributed by atoms with Crippen LogP contribution in [0.2, 0.25) is 0 Å². The lowest BCUT2D eigenvalue weighted by Crippen LogP contribution is -2.39. The van der Waals surface area contributed by atoms with Crippen LogP contribution in [0.15, 0.2) is 34.6 Å². The van der Waals surface area contributed by atoms with E-state index < -0.39 is 0 Å². The zero-order valence-electron chi connectivity index (χ0n) is 18.0. The van der Waals surface area contributed by atoms with E-state index in [2.05, 4.69) is 25.6 Å². The summed E-state index contributed by atoms with van der Waals surface area (Å²) in [6.45, 7) is 4.78. The fraction of sp³-hybridized carbons (Fsp3) is 0.524. The van der Waals surface area contributed by atoms with Crippen LogP contribution < -0.4 is 10.1 Å². The first-order chi connectivity index (χ1) is 14.1. The van der Waals surface area contributed by atoms with Gasteiger partial charge < -0.3 is 24.4 Å². The number of nitrogens with zero attached hydrogens (tertiary/aromatic N) is 3. The molecular weight excluding hydrogens is 388 g/mol. The average molecular weight is 421 g/mol. The molecule has 160 valence electrons. The highest BCUT2D eigenvalue weighted by molar-refractivity contribution is 7.09. The van der Waals surface area contributed by atoms with E-state index >= 15 is 0 Å². The Balaban J connectivity index is 1.66. The normalized spacial score (nSPS) is 12.7. The van der Waals surface area contributed by atoms with Gasteiger partial charge in [-0.3, -0.25) is 4.99 Å². The number of nitrogens with one attached hydrogen (secondary N) is 1. The van der Waals surface area contributed by atoms with Crippen molar-refractivity contribution < 1.29 is 14.2 Å². The molecule has 1 aromatic carbocycles. The van der Waals surface area contributed by atoms with E-state index in [-0.39, 0.29) is 6.10 Å². The number of benzene rings is 1. The van der Waals surface area contributed by atoms with Crippen LogP contribution in [0.4, 0.5) is 0 Å². The first-order valence-corrected chi connectivity index (χ1v) is 10.5. The maximum absolute atomic E-state index is 5.75. The minimum absolute atomic E-state index is 0.0226. The maximum atomic E-state index is 5.75. The number of aromatic nitrogens is 1. The third-order valence-electron chi connectivity index (χ3n) is 4.42. The quantitative estimate of drug-likeness (QED) is 0.341. The van der Waals surface area contributed by atoms with Crippen LogP contribution in [-0.2, 0) is 22.6 Å². The number of rotatable bonds is 11. The number of methoxy groups -OCH3 is 2. The van der Waals surface area contributed by atoms with Crippen molar-refractivity contribution in [3.63, 3.8) is 0 Å². The summed E-state index contributed by atoms with van der Waals surface area (Å²) in [5.74, 6) is 1.70. The molecule has 1 unspecified atom stereocenters. The minimum atomic E-state index is 0.0226. The van der Waals surface area contributed by atoms with Gasteiger partial charge >= 0.3 is 0 Å². The van der Waals surface area contributed by atoms with Gasteiger partial charge in [0, 0.05) is 39.7 Å². The van der Waals surface area contributed by atoms with Crippen LogP contribution in [-0.4, -0.2) is 57.3 Å². The van der Waals surface area contributed by atoms with Gasteiger partial charge in [0.2, 0.25) is 0 Å². The fourth-order valence-electron chi connectivity index (χ4n) is 2.67. The number of aliphatic imine (C=N–C) groups is 1. The lowest BCUT2D eigenvalue weighted by molar-refractivity contribution is 0.119. The van der Waals surface area contributed by atoms with Gasteiger partial charge in [-0.1, -0.05) is 12.1 Å². The lowest BCUT2D eigenvalue weighted by Gasteiger charge is -2.21. The van der Waals surface area contributed by atoms with E-state index in [0.717, 1.165) is 40.9 Å². The van der Waals surface area contributed by atoms with Crippen LogP contribution in [0.1, 0.15) is 35.7 Å². The minimum Gasteiger partial charge on any atom is -0.497 e. The van der Waals surface area contributed by atoms with Gasteiger partial charge in [0.15, 0.2) is 5.96 Å². The molecule has 1 heterocycles. The molecule has 0 saturated carbocycles. The third kappa shape index (κ3) is 7.64. The molecule has 0 spiro atoms. The molecule has 0 saturated heterocycles. The number of thiazole rings is 1. The van der Waals surface area contributed by atoms with Gasteiger partial charge in [-0.05, 0) is 31.0 Å². The fourth-order valence-corrected chi connectivity index (χ4v) is 3.51. The molecule has 2 rings (SSSR count). The molecule has 7 nitrogen and oxygen atoms in total. The van der Waals surface area contributed by atoms with E-state index in [1.165, 1.54) is 0 Å². The molecule has 0 aliphatic carbocycles. The molecule has 0 fully saturated rings. The standard InChI is InChI=1S/C21H32N4O3S/c1-16(26-4)20-24-18(15-29-20)13-25(3)21(22-2)23-11-6-12-28-14-17-7-9-19(27-5)10-8-17/h7-10,15-16H,6,11-14H2,1-5H3,(H,22,23). The Hall–Kier alpha value is -2.16. The Kier molecular flexibility index (Phi) is 9.90. The second kappa shape index (κ2) is 12.4. The smallest absolute Gasteiger partial charge is 0.193 e.